The lowest BCUT2D eigenvalue weighted by Crippen LogP contribution is -1.66. The zero-order valence-electron chi connectivity index (χ0n) is 5.03. The number of halogens is 2. The minimum atomic E-state index is 0.703. The molecule has 0 N–H and O–H groups in total. The first-order valence-corrected chi connectivity index (χ1v) is 3.78. The van der Waals surface area contributed by atoms with Crippen LogP contribution in [0.25, 0.3) is 0 Å². The lowest BCUT2D eigenvalue weighted by atomic mass is 10.2. The Balaban J connectivity index is 2.71. The highest BCUT2D eigenvalue weighted by Gasteiger charge is 2.00. The molecule has 1 aliphatic rings. The number of hydrogen-bond acceptors (Lipinski definition) is 0. The maximum Gasteiger partial charge on any atom is 0.0549 e. The zero-order valence-corrected chi connectivity index (χ0v) is 6.54. The van der Waals surface area contributed by atoms with Gasteiger partial charge in [0, 0.05) is 0 Å². The molecule has 0 aromatic rings. The molecule has 0 saturated heterocycles. The molecule has 0 amide bonds. The lowest BCUT2D eigenvalue weighted by molar-refractivity contribution is 0.875. The van der Waals surface area contributed by atoms with E-state index in [4.69, 9.17) is 23.2 Å². The maximum absolute atomic E-state index is 5.73. The minimum Gasteiger partial charge on any atom is -0.0831 e. The van der Waals surface area contributed by atoms with E-state index >= 15 is 0 Å². The topological polar surface area (TPSA) is 0 Å². The molecule has 0 nitrogen and oxygen atoms in total. The highest BCUT2D eigenvalue weighted by atomic mass is 35.5. The van der Waals surface area contributed by atoms with Crippen molar-refractivity contribution in [1.29, 1.82) is 0 Å². The van der Waals surface area contributed by atoms with E-state index in [2.05, 4.69) is 0 Å². The van der Waals surface area contributed by atoms with Crippen LogP contribution in [0.15, 0.2) is 22.2 Å². The van der Waals surface area contributed by atoms with Crippen molar-refractivity contribution < 1.29 is 0 Å². The van der Waals surface area contributed by atoms with E-state index in [1.807, 2.05) is 12.2 Å². The van der Waals surface area contributed by atoms with E-state index in [-0.39, 0.29) is 0 Å². The summed E-state index contributed by atoms with van der Waals surface area (Å²) in [5.41, 5.74) is 0. The van der Waals surface area contributed by atoms with Crippen molar-refractivity contribution in [3.05, 3.63) is 22.2 Å². The van der Waals surface area contributed by atoms with Crippen LogP contribution in [0.1, 0.15) is 19.3 Å². The van der Waals surface area contributed by atoms with E-state index in [0.717, 1.165) is 19.3 Å². The first-order chi connectivity index (χ1) is 4.30. The summed E-state index contributed by atoms with van der Waals surface area (Å²) in [6.07, 6.45) is 7.18. The van der Waals surface area contributed by atoms with Gasteiger partial charge in [-0.1, -0.05) is 35.4 Å². The third-order valence-electron chi connectivity index (χ3n) is 1.28. The molecule has 0 fully saturated rings. The molecule has 50 valence electrons. The van der Waals surface area contributed by atoms with Crippen molar-refractivity contribution in [2.75, 3.05) is 0 Å². The summed E-state index contributed by atoms with van der Waals surface area (Å²) in [4.78, 5) is 0. The Morgan fingerprint density at radius 2 is 1.44 bits per heavy atom. The predicted molar refractivity (Wildman–Crippen MR) is 41.7 cm³/mol. The quantitative estimate of drug-likeness (QED) is 0.513. The Labute approximate surface area is 65.2 Å². The average molecular weight is 163 g/mol. The van der Waals surface area contributed by atoms with Gasteiger partial charge in [0.05, 0.1) is 10.1 Å². The maximum atomic E-state index is 5.73. The van der Waals surface area contributed by atoms with Crippen molar-refractivity contribution >= 4 is 23.2 Å². The molecular weight excluding hydrogens is 155 g/mol. The van der Waals surface area contributed by atoms with Crippen LogP contribution in [0, 0.1) is 0 Å². The molecule has 0 atom stereocenters. The van der Waals surface area contributed by atoms with Gasteiger partial charge in [0.2, 0.25) is 0 Å². The van der Waals surface area contributed by atoms with Gasteiger partial charge in [0.25, 0.3) is 0 Å². The Bertz CT molecular complexity index is 138. The molecule has 1 rings (SSSR count). The summed E-state index contributed by atoms with van der Waals surface area (Å²) in [5, 5.41) is 1.41. The number of rotatable bonds is 0. The third kappa shape index (κ3) is 2.04. The van der Waals surface area contributed by atoms with Gasteiger partial charge in [-0.2, -0.15) is 0 Å². The molecule has 1 aliphatic carbocycles. The average Bonchev–Trinajstić information content (AvgIpc) is 1.99. The van der Waals surface area contributed by atoms with Gasteiger partial charge < -0.3 is 0 Å². The van der Waals surface area contributed by atoms with Crippen LogP contribution in [-0.2, 0) is 0 Å². The molecule has 9 heavy (non-hydrogen) atoms. The smallest absolute Gasteiger partial charge is 0.0549 e. The van der Waals surface area contributed by atoms with E-state index in [0.29, 0.717) is 10.1 Å². The second-order valence-corrected chi connectivity index (χ2v) is 2.85. The summed E-state index contributed by atoms with van der Waals surface area (Å²) in [5.74, 6) is 0. The lowest BCUT2D eigenvalue weighted by Gasteiger charge is -1.89. The molecule has 0 spiro atoms. The molecule has 0 aliphatic heterocycles. The van der Waals surface area contributed by atoms with Crippen molar-refractivity contribution in [2.45, 2.75) is 19.3 Å². The first kappa shape index (κ1) is 7.17. The first-order valence-electron chi connectivity index (χ1n) is 3.02. The van der Waals surface area contributed by atoms with Gasteiger partial charge >= 0.3 is 0 Å². The van der Waals surface area contributed by atoms with Gasteiger partial charge in [-0.25, -0.2) is 0 Å². The Hall–Kier alpha value is 0.0600. The van der Waals surface area contributed by atoms with E-state index in [9.17, 15) is 0 Å². The van der Waals surface area contributed by atoms with Crippen LogP contribution in [0.3, 0.4) is 0 Å². The fourth-order valence-electron chi connectivity index (χ4n) is 0.770. The monoisotopic (exact) mass is 162 g/mol. The van der Waals surface area contributed by atoms with E-state index in [1.165, 1.54) is 0 Å². The Kier molecular flexibility index (Phi) is 2.62. The Morgan fingerprint density at radius 1 is 1.00 bits per heavy atom. The fraction of sp³-hybridized carbons (Fsp3) is 0.429. The molecule has 0 saturated carbocycles. The highest BCUT2D eigenvalue weighted by molar-refractivity contribution is 6.43. The molecule has 0 aromatic carbocycles. The van der Waals surface area contributed by atoms with Crippen LogP contribution < -0.4 is 0 Å². The van der Waals surface area contributed by atoms with Gasteiger partial charge in [-0.3, -0.25) is 0 Å². The third-order valence-corrected chi connectivity index (χ3v) is 2.10. The molecule has 0 radical (unpaired) electrons. The Morgan fingerprint density at radius 3 is 1.89 bits per heavy atom. The van der Waals surface area contributed by atoms with Crippen LogP contribution in [0.2, 0.25) is 0 Å². The predicted octanol–water partition coefficient (Wildman–Crippen LogP) is 3.42. The molecule has 0 unspecified atom stereocenters. The second kappa shape index (κ2) is 3.28. The summed E-state index contributed by atoms with van der Waals surface area (Å²) in [6.45, 7) is 0. The van der Waals surface area contributed by atoms with Gasteiger partial charge in [0.15, 0.2) is 0 Å². The van der Waals surface area contributed by atoms with Crippen molar-refractivity contribution in [3.63, 3.8) is 0 Å². The molecule has 2 heteroatoms. The summed E-state index contributed by atoms with van der Waals surface area (Å²) in [7, 11) is 0. The summed E-state index contributed by atoms with van der Waals surface area (Å²) < 4.78 is 0. The van der Waals surface area contributed by atoms with E-state index < -0.39 is 0 Å². The SMILES string of the molecule is ClC1=CCCCC=C1Cl. The van der Waals surface area contributed by atoms with Gasteiger partial charge in [-0.05, 0) is 19.3 Å². The van der Waals surface area contributed by atoms with Gasteiger partial charge in [0.1, 0.15) is 0 Å². The minimum absolute atomic E-state index is 0.703. The number of hydrogen-bond donors (Lipinski definition) is 0. The number of allylic oxidation sites excluding steroid dienone is 4. The van der Waals surface area contributed by atoms with Crippen LogP contribution in [0.4, 0.5) is 0 Å². The zero-order chi connectivity index (χ0) is 6.69. The van der Waals surface area contributed by atoms with Crippen molar-refractivity contribution in [3.8, 4) is 0 Å². The molecule has 0 bridgehead atoms. The highest BCUT2D eigenvalue weighted by Crippen LogP contribution is 2.23. The van der Waals surface area contributed by atoms with Crippen LogP contribution >= 0.6 is 23.2 Å². The standard InChI is InChI=1S/C7H8Cl2/c8-6-4-2-1-3-5-7(6)9/h4-5H,1-3H2. The molecular formula is C7H8Cl2. The second-order valence-electron chi connectivity index (χ2n) is 2.04. The largest absolute Gasteiger partial charge is 0.0831 e. The summed E-state index contributed by atoms with van der Waals surface area (Å²) >= 11 is 11.5. The van der Waals surface area contributed by atoms with Gasteiger partial charge in [-0.15, -0.1) is 0 Å². The van der Waals surface area contributed by atoms with Crippen LogP contribution in [0.5, 0.6) is 0 Å². The summed E-state index contributed by atoms with van der Waals surface area (Å²) in [6, 6.07) is 0. The van der Waals surface area contributed by atoms with E-state index in [1.54, 1.807) is 0 Å². The van der Waals surface area contributed by atoms with Crippen LogP contribution in [-0.4, -0.2) is 0 Å². The van der Waals surface area contributed by atoms with Crippen molar-refractivity contribution in [1.82, 2.24) is 0 Å². The fourth-order valence-corrected chi connectivity index (χ4v) is 1.14. The van der Waals surface area contributed by atoms with Crippen molar-refractivity contribution in [2.24, 2.45) is 0 Å². The molecule has 0 heterocycles. The molecule has 0 aromatic heterocycles. The normalized spacial score (nSPS) is 20.2.